The number of halogens is 2. The maximum absolute atomic E-state index is 14.5. The van der Waals surface area contributed by atoms with Crippen molar-refractivity contribution in [3.63, 3.8) is 0 Å². The third-order valence-corrected chi connectivity index (χ3v) is 5.44. The van der Waals surface area contributed by atoms with Gasteiger partial charge < -0.3 is 14.1 Å². The Kier molecular flexibility index (Phi) is 5.95. The fourth-order valence-electron chi connectivity index (χ4n) is 4.09. The van der Waals surface area contributed by atoms with E-state index in [9.17, 15) is 13.6 Å². The first-order valence-electron chi connectivity index (χ1n) is 10.5. The molecule has 1 saturated heterocycles. The smallest absolute Gasteiger partial charge is 0.329 e. The van der Waals surface area contributed by atoms with Crippen LogP contribution in [0, 0.1) is 11.8 Å². The van der Waals surface area contributed by atoms with Crippen LogP contribution >= 0.6 is 0 Å². The molecule has 1 aromatic carbocycles. The molecular weight excluding hydrogens is 416 g/mol. The largest absolute Gasteiger partial charge is 0.458 e. The van der Waals surface area contributed by atoms with E-state index in [1.54, 1.807) is 45.0 Å². The number of pyridine rings is 1. The second-order valence-electron chi connectivity index (χ2n) is 8.86. The Morgan fingerprint density at radius 1 is 1.19 bits per heavy atom. The number of anilines is 1. The zero-order valence-corrected chi connectivity index (χ0v) is 18.2. The summed E-state index contributed by atoms with van der Waals surface area (Å²) in [4.78, 5) is 22.9. The third kappa shape index (κ3) is 4.64. The van der Waals surface area contributed by atoms with E-state index in [1.807, 2.05) is 4.90 Å². The first-order valence-corrected chi connectivity index (χ1v) is 10.5. The van der Waals surface area contributed by atoms with Crippen molar-refractivity contribution in [1.29, 1.82) is 0 Å². The van der Waals surface area contributed by atoms with Crippen molar-refractivity contribution in [2.24, 2.45) is 0 Å². The zero-order chi connectivity index (χ0) is 22.9. The number of rotatable bonds is 4. The van der Waals surface area contributed by atoms with Crippen LogP contribution in [0.1, 0.15) is 45.1 Å². The monoisotopic (exact) mass is 441 g/mol. The lowest BCUT2D eigenvalue weighted by Gasteiger charge is -2.39. The Bertz CT molecular complexity index is 1110. The predicted molar refractivity (Wildman–Crippen MR) is 115 cm³/mol. The van der Waals surface area contributed by atoms with Crippen molar-refractivity contribution in [2.45, 2.75) is 51.2 Å². The lowest BCUT2D eigenvalue weighted by Crippen LogP contribution is -2.49. The van der Waals surface area contributed by atoms with Crippen LogP contribution in [0.4, 0.5) is 14.6 Å². The van der Waals surface area contributed by atoms with Gasteiger partial charge in [-0.2, -0.15) is 9.37 Å². The van der Waals surface area contributed by atoms with Gasteiger partial charge in [-0.05, 0) is 57.2 Å². The lowest BCUT2D eigenvalue weighted by atomic mass is 9.84. The SMILES string of the molecule is CC(C)(C)OC(=O)C1CC(c2ccccc2F)CCN1c1ncoc1-c1ccnc(F)c1. The van der Waals surface area contributed by atoms with E-state index in [2.05, 4.69) is 9.97 Å². The summed E-state index contributed by atoms with van der Waals surface area (Å²) in [6, 6.07) is 8.78. The van der Waals surface area contributed by atoms with Crippen molar-refractivity contribution in [3.05, 3.63) is 66.3 Å². The molecule has 6 nitrogen and oxygen atoms in total. The van der Waals surface area contributed by atoms with Crippen LogP contribution in [-0.4, -0.2) is 34.1 Å². The highest BCUT2D eigenvalue weighted by molar-refractivity contribution is 5.83. The maximum atomic E-state index is 14.5. The molecule has 3 heterocycles. The van der Waals surface area contributed by atoms with Gasteiger partial charge in [0.25, 0.3) is 0 Å². The first-order chi connectivity index (χ1) is 15.2. The summed E-state index contributed by atoms with van der Waals surface area (Å²) in [5.41, 5.74) is 0.357. The van der Waals surface area contributed by atoms with Crippen LogP contribution in [0.25, 0.3) is 11.3 Å². The molecule has 3 aromatic rings. The number of benzene rings is 1. The fourth-order valence-corrected chi connectivity index (χ4v) is 4.09. The number of oxazole rings is 1. The number of carbonyl (C=O) groups excluding carboxylic acids is 1. The van der Waals surface area contributed by atoms with Crippen LogP contribution in [0.15, 0.2) is 53.4 Å². The third-order valence-electron chi connectivity index (χ3n) is 5.44. The van der Waals surface area contributed by atoms with Crippen molar-refractivity contribution < 1.29 is 22.7 Å². The van der Waals surface area contributed by atoms with Crippen molar-refractivity contribution in [1.82, 2.24) is 9.97 Å². The predicted octanol–water partition coefficient (Wildman–Crippen LogP) is 5.11. The fraction of sp³-hybridized carbons (Fsp3) is 0.375. The van der Waals surface area contributed by atoms with E-state index in [0.717, 1.165) is 0 Å². The molecule has 0 radical (unpaired) electrons. The second-order valence-corrected chi connectivity index (χ2v) is 8.86. The summed E-state index contributed by atoms with van der Waals surface area (Å²) in [5, 5.41) is 0. The molecule has 8 heteroatoms. The lowest BCUT2D eigenvalue weighted by molar-refractivity contribution is -0.157. The van der Waals surface area contributed by atoms with Gasteiger partial charge in [0.2, 0.25) is 5.95 Å². The summed E-state index contributed by atoms with van der Waals surface area (Å²) in [6.45, 7) is 5.82. The summed E-state index contributed by atoms with van der Waals surface area (Å²) in [5.74, 6) is -0.759. The van der Waals surface area contributed by atoms with Gasteiger partial charge in [0, 0.05) is 24.4 Å². The molecule has 0 aliphatic carbocycles. The van der Waals surface area contributed by atoms with Crippen LogP contribution in [0.2, 0.25) is 0 Å². The number of hydrogen-bond acceptors (Lipinski definition) is 6. The Morgan fingerprint density at radius 3 is 2.69 bits per heavy atom. The van der Waals surface area contributed by atoms with E-state index >= 15 is 0 Å². The molecule has 2 aromatic heterocycles. The minimum absolute atomic E-state index is 0.154. The van der Waals surface area contributed by atoms with Crippen molar-refractivity contribution in [3.8, 4) is 11.3 Å². The molecule has 2 unspecified atom stereocenters. The van der Waals surface area contributed by atoms with E-state index in [-0.39, 0.29) is 11.7 Å². The molecule has 32 heavy (non-hydrogen) atoms. The van der Waals surface area contributed by atoms with Gasteiger partial charge in [-0.25, -0.2) is 14.2 Å². The highest BCUT2D eigenvalue weighted by atomic mass is 19.1. The summed E-state index contributed by atoms with van der Waals surface area (Å²) >= 11 is 0. The van der Waals surface area contributed by atoms with E-state index < -0.39 is 23.6 Å². The maximum Gasteiger partial charge on any atom is 0.329 e. The minimum atomic E-state index is -0.705. The molecular formula is C24H25F2N3O3. The molecule has 1 fully saturated rings. The zero-order valence-electron chi connectivity index (χ0n) is 18.2. The standard InChI is InChI=1S/C24H25F2N3O3/c1-24(2,3)32-23(30)19-12-15(17-6-4-5-7-18(17)25)9-11-29(19)22-21(31-14-28-22)16-8-10-27-20(26)13-16/h4-8,10,13-15,19H,9,11-12H2,1-3H3. The molecule has 1 aliphatic rings. The molecule has 0 bridgehead atoms. The average Bonchev–Trinajstić information content (AvgIpc) is 3.22. The van der Waals surface area contributed by atoms with Gasteiger partial charge in [-0.1, -0.05) is 18.2 Å². The number of nitrogens with zero attached hydrogens (tertiary/aromatic N) is 3. The molecule has 0 N–H and O–H groups in total. The van der Waals surface area contributed by atoms with Gasteiger partial charge in [0.1, 0.15) is 17.5 Å². The Balaban J connectivity index is 1.69. The molecule has 2 atom stereocenters. The Labute approximate surface area is 185 Å². The second kappa shape index (κ2) is 8.68. The van der Waals surface area contributed by atoms with Gasteiger partial charge in [0.15, 0.2) is 18.0 Å². The molecule has 168 valence electrons. The van der Waals surface area contributed by atoms with Crippen molar-refractivity contribution in [2.75, 3.05) is 11.4 Å². The molecule has 4 rings (SSSR count). The average molecular weight is 441 g/mol. The molecule has 0 amide bonds. The number of hydrogen-bond donors (Lipinski definition) is 0. The van der Waals surface area contributed by atoms with Crippen molar-refractivity contribution >= 4 is 11.8 Å². The highest BCUT2D eigenvalue weighted by Crippen LogP contribution is 2.39. The van der Waals surface area contributed by atoms with Gasteiger partial charge >= 0.3 is 5.97 Å². The number of carbonyl (C=O) groups is 1. The normalized spacial score (nSPS) is 19.1. The summed E-state index contributed by atoms with van der Waals surface area (Å²) in [7, 11) is 0. The van der Waals surface area contributed by atoms with Gasteiger partial charge in [-0.15, -0.1) is 0 Å². The number of ether oxygens (including phenoxy) is 1. The van der Waals surface area contributed by atoms with Gasteiger partial charge in [-0.3, -0.25) is 0 Å². The molecule has 0 spiro atoms. The Morgan fingerprint density at radius 2 is 1.97 bits per heavy atom. The minimum Gasteiger partial charge on any atom is -0.458 e. The summed E-state index contributed by atoms with van der Waals surface area (Å²) in [6.07, 6.45) is 3.56. The number of esters is 1. The summed E-state index contributed by atoms with van der Waals surface area (Å²) < 4.78 is 39.4. The van der Waals surface area contributed by atoms with E-state index in [4.69, 9.17) is 9.15 Å². The highest BCUT2D eigenvalue weighted by Gasteiger charge is 2.39. The molecule has 0 saturated carbocycles. The quantitative estimate of drug-likeness (QED) is 0.414. The Hall–Kier alpha value is -3.29. The number of aromatic nitrogens is 2. The van der Waals surface area contributed by atoms with Gasteiger partial charge in [0.05, 0.1) is 0 Å². The van der Waals surface area contributed by atoms with Crippen LogP contribution in [0.3, 0.4) is 0 Å². The van der Waals surface area contributed by atoms with E-state index in [0.29, 0.717) is 42.1 Å². The topological polar surface area (TPSA) is 68.5 Å². The van der Waals surface area contributed by atoms with Crippen LogP contribution in [0.5, 0.6) is 0 Å². The molecule has 1 aliphatic heterocycles. The van der Waals surface area contributed by atoms with Crippen LogP contribution < -0.4 is 4.90 Å². The van der Waals surface area contributed by atoms with E-state index in [1.165, 1.54) is 24.7 Å². The first kappa shape index (κ1) is 21.9. The van der Waals surface area contributed by atoms with Crippen LogP contribution in [-0.2, 0) is 9.53 Å². The number of piperidine rings is 1.